The van der Waals surface area contributed by atoms with Gasteiger partial charge >= 0.3 is 11.9 Å². The fourth-order valence-corrected chi connectivity index (χ4v) is 1.40. The third kappa shape index (κ3) is 4.42. The second-order valence-corrected chi connectivity index (χ2v) is 3.94. The third-order valence-corrected chi connectivity index (χ3v) is 2.60. The lowest BCUT2D eigenvalue weighted by Gasteiger charge is -2.20. The number of carbonyl (C=O) groups is 3. The molecule has 6 nitrogen and oxygen atoms in total. The van der Waals surface area contributed by atoms with Crippen molar-refractivity contribution in [3.05, 3.63) is 0 Å². The minimum absolute atomic E-state index is 0.0114. The first-order valence-corrected chi connectivity index (χ1v) is 5.51. The molecule has 1 rings (SSSR count). The number of methoxy groups -OCH3 is 2. The zero-order valence-electron chi connectivity index (χ0n) is 10.1. The molecule has 0 aromatic rings. The summed E-state index contributed by atoms with van der Waals surface area (Å²) in [5.41, 5.74) is 0. The smallest absolute Gasteiger partial charge is 0.325 e. The molecule has 0 atom stereocenters. The quantitative estimate of drug-likeness (QED) is 0.612. The summed E-state index contributed by atoms with van der Waals surface area (Å²) >= 11 is 0. The minimum Gasteiger partial charge on any atom is -0.469 e. The molecule has 1 amide bonds. The van der Waals surface area contributed by atoms with Crippen molar-refractivity contribution in [1.29, 1.82) is 0 Å². The lowest BCUT2D eigenvalue weighted by Crippen LogP contribution is -2.38. The molecule has 96 valence electrons. The molecule has 0 aromatic carbocycles. The Morgan fingerprint density at radius 2 is 1.71 bits per heavy atom. The van der Waals surface area contributed by atoms with Crippen molar-refractivity contribution in [1.82, 2.24) is 4.90 Å². The van der Waals surface area contributed by atoms with Crippen molar-refractivity contribution < 1.29 is 23.9 Å². The maximum absolute atomic E-state index is 11.8. The highest BCUT2D eigenvalue weighted by Gasteiger charge is 2.34. The summed E-state index contributed by atoms with van der Waals surface area (Å²) in [6, 6.07) is 0. The van der Waals surface area contributed by atoms with Crippen LogP contribution in [0.15, 0.2) is 0 Å². The summed E-state index contributed by atoms with van der Waals surface area (Å²) in [6.45, 7) is 0.0833. The van der Waals surface area contributed by atoms with Gasteiger partial charge in [0.25, 0.3) is 0 Å². The Kier molecular flexibility index (Phi) is 4.93. The van der Waals surface area contributed by atoms with E-state index in [2.05, 4.69) is 9.47 Å². The molecule has 0 aliphatic heterocycles. The maximum atomic E-state index is 11.8. The molecule has 0 saturated heterocycles. The largest absolute Gasteiger partial charge is 0.469 e. The van der Waals surface area contributed by atoms with Crippen LogP contribution >= 0.6 is 0 Å². The van der Waals surface area contributed by atoms with Crippen LogP contribution in [0.4, 0.5) is 0 Å². The summed E-state index contributed by atoms with van der Waals surface area (Å²) in [7, 11) is 2.55. The average Bonchev–Trinajstić information content (AvgIpc) is 3.16. The van der Waals surface area contributed by atoms with Crippen LogP contribution in [-0.2, 0) is 23.9 Å². The van der Waals surface area contributed by atoms with Crippen LogP contribution in [-0.4, -0.2) is 50.1 Å². The molecule has 0 heterocycles. The fraction of sp³-hybridized carbons (Fsp3) is 0.727. The molecule has 1 saturated carbocycles. The molecule has 1 aliphatic rings. The zero-order chi connectivity index (χ0) is 12.8. The van der Waals surface area contributed by atoms with Gasteiger partial charge < -0.3 is 14.4 Å². The van der Waals surface area contributed by atoms with Crippen molar-refractivity contribution in [2.45, 2.75) is 19.3 Å². The molecule has 1 fully saturated rings. The van der Waals surface area contributed by atoms with E-state index in [0.29, 0.717) is 0 Å². The fourth-order valence-electron chi connectivity index (χ4n) is 1.40. The number of rotatable bonds is 6. The Hall–Kier alpha value is -1.59. The minimum atomic E-state index is -0.483. The number of hydrogen-bond acceptors (Lipinski definition) is 5. The van der Waals surface area contributed by atoms with E-state index in [0.717, 1.165) is 12.8 Å². The Morgan fingerprint density at radius 3 is 2.18 bits per heavy atom. The number of hydrogen-bond donors (Lipinski definition) is 0. The van der Waals surface area contributed by atoms with Gasteiger partial charge in [-0.1, -0.05) is 0 Å². The SMILES string of the molecule is COC(=O)CCN(CC(=O)OC)C(=O)C1CC1. The van der Waals surface area contributed by atoms with Gasteiger partial charge in [0.15, 0.2) is 0 Å². The molecule has 1 aliphatic carbocycles. The van der Waals surface area contributed by atoms with Gasteiger partial charge in [-0.15, -0.1) is 0 Å². The second-order valence-electron chi connectivity index (χ2n) is 3.94. The summed E-state index contributed by atoms with van der Waals surface area (Å²) in [6.07, 6.45) is 1.80. The van der Waals surface area contributed by atoms with Gasteiger partial charge in [0, 0.05) is 12.5 Å². The van der Waals surface area contributed by atoms with Crippen molar-refractivity contribution in [2.75, 3.05) is 27.3 Å². The van der Waals surface area contributed by atoms with E-state index in [1.807, 2.05) is 0 Å². The maximum Gasteiger partial charge on any atom is 0.325 e. The molecule has 0 unspecified atom stereocenters. The number of nitrogens with zero attached hydrogens (tertiary/aromatic N) is 1. The van der Waals surface area contributed by atoms with Gasteiger partial charge in [0.2, 0.25) is 5.91 Å². The van der Waals surface area contributed by atoms with E-state index >= 15 is 0 Å². The van der Waals surface area contributed by atoms with Crippen LogP contribution < -0.4 is 0 Å². The van der Waals surface area contributed by atoms with Crippen LogP contribution in [0.5, 0.6) is 0 Å². The Bertz CT molecular complexity index is 311. The molecular formula is C11H17NO5. The number of carbonyl (C=O) groups excluding carboxylic acids is 3. The molecular weight excluding hydrogens is 226 g/mol. The summed E-state index contributed by atoms with van der Waals surface area (Å²) in [5, 5.41) is 0. The van der Waals surface area contributed by atoms with E-state index in [4.69, 9.17) is 0 Å². The van der Waals surface area contributed by atoms with Crippen molar-refractivity contribution in [3.63, 3.8) is 0 Å². The average molecular weight is 243 g/mol. The predicted molar refractivity (Wildman–Crippen MR) is 58.0 cm³/mol. The van der Waals surface area contributed by atoms with E-state index < -0.39 is 11.9 Å². The summed E-state index contributed by atoms with van der Waals surface area (Å²) in [5.74, 6) is -0.955. The van der Waals surface area contributed by atoms with Gasteiger partial charge in [-0.25, -0.2) is 0 Å². The monoisotopic (exact) mass is 243 g/mol. The first-order chi connectivity index (χ1) is 8.08. The van der Waals surface area contributed by atoms with E-state index in [1.165, 1.54) is 19.1 Å². The highest BCUT2D eigenvalue weighted by Crippen LogP contribution is 2.31. The van der Waals surface area contributed by atoms with Crippen molar-refractivity contribution >= 4 is 17.8 Å². The topological polar surface area (TPSA) is 72.9 Å². The standard InChI is InChI=1S/C11H17NO5/c1-16-9(13)5-6-12(7-10(14)17-2)11(15)8-3-4-8/h8H,3-7H2,1-2H3. The Labute approximate surface area is 99.9 Å². The molecule has 6 heteroatoms. The van der Waals surface area contributed by atoms with Gasteiger partial charge in [-0.2, -0.15) is 0 Å². The van der Waals surface area contributed by atoms with Gasteiger partial charge in [-0.3, -0.25) is 14.4 Å². The first-order valence-electron chi connectivity index (χ1n) is 5.51. The van der Waals surface area contributed by atoms with Crippen LogP contribution in [0, 0.1) is 5.92 Å². The predicted octanol–water partition coefficient (Wildman–Crippen LogP) is -0.0389. The van der Waals surface area contributed by atoms with Crippen LogP contribution in [0.3, 0.4) is 0 Å². The highest BCUT2D eigenvalue weighted by molar-refractivity contribution is 5.85. The summed E-state index contributed by atoms with van der Waals surface area (Å²) < 4.78 is 9.01. The lowest BCUT2D eigenvalue weighted by atomic mass is 10.3. The number of ether oxygens (including phenoxy) is 2. The molecule has 0 N–H and O–H groups in total. The van der Waals surface area contributed by atoms with E-state index in [1.54, 1.807) is 0 Å². The highest BCUT2D eigenvalue weighted by atomic mass is 16.5. The number of esters is 2. The molecule has 17 heavy (non-hydrogen) atoms. The first kappa shape index (κ1) is 13.5. The second kappa shape index (κ2) is 6.22. The Morgan fingerprint density at radius 1 is 1.12 bits per heavy atom. The van der Waals surface area contributed by atoms with E-state index in [9.17, 15) is 14.4 Å². The zero-order valence-corrected chi connectivity index (χ0v) is 10.1. The number of amides is 1. The van der Waals surface area contributed by atoms with Crippen LogP contribution in [0.25, 0.3) is 0 Å². The molecule has 0 aromatic heterocycles. The van der Waals surface area contributed by atoms with Crippen LogP contribution in [0.1, 0.15) is 19.3 Å². The lowest BCUT2D eigenvalue weighted by molar-refractivity contribution is -0.149. The van der Waals surface area contributed by atoms with Crippen LogP contribution in [0.2, 0.25) is 0 Å². The molecule has 0 bridgehead atoms. The van der Waals surface area contributed by atoms with Crippen molar-refractivity contribution in [2.24, 2.45) is 5.92 Å². The van der Waals surface area contributed by atoms with E-state index in [-0.39, 0.29) is 31.3 Å². The Balaban J connectivity index is 2.48. The molecule has 0 radical (unpaired) electrons. The van der Waals surface area contributed by atoms with Gasteiger partial charge in [0.05, 0.1) is 20.6 Å². The van der Waals surface area contributed by atoms with Crippen molar-refractivity contribution in [3.8, 4) is 0 Å². The van der Waals surface area contributed by atoms with Gasteiger partial charge in [-0.05, 0) is 12.8 Å². The normalized spacial score (nSPS) is 14.0. The third-order valence-electron chi connectivity index (χ3n) is 2.60. The van der Waals surface area contributed by atoms with Gasteiger partial charge in [0.1, 0.15) is 6.54 Å². The molecule has 0 spiro atoms. The summed E-state index contributed by atoms with van der Waals surface area (Å²) in [4.78, 5) is 35.3.